The summed E-state index contributed by atoms with van der Waals surface area (Å²) in [5.41, 5.74) is 2.00. The molecule has 0 saturated carbocycles. The Labute approximate surface area is 89.5 Å². The van der Waals surface area contributed by atoms with Crippen LogP contribution in [-0.4, -0.2) is 84.8 Å². The zero-order valence-corrected chi connectivity index (χ0v) is 2.89. The standard InChI is InChI=1S/CH3.4Li.H2O2.3H/c;;;;;1-2;;;/h1H3;;;;;1-2H;;;. The van der Waals surface area contributed by atoms with Crippen LogP contribution in [0.5, 0.6) is 0 Å². The first-order valence-corrected chi connectivity index (χ1v) is 1.20. The van der Waals surface area contributed by atoms with E-state index < -0.39 is 0 Å². The quantitative estimate of drug-likeness (QED) is 0.206. The van der Waals surface area contributed by atoms with Crippen LogP contribution < -0.4 is 0 Å². The molecule has 0 fully saturated rings. The van der Waals surface area contributed by atoms with Gasteiger partial charge in [-0.25, -0.2) is 0 Å². The molecule has 0 unspecified atom stereocenters. The molecule has 0 amide bonds. The van der Waals surface area contributed by atoms with Crippen LogP contribution in [0.1, 0.15) is 0 Å². The van der Waals surface area contributed by atoms with E-state index in [0.29, 0.717) is 0 Å². The van der Waals surface area contributed by atoms with Gasteiger partial charge in [-0.1, -0.05) is 0 Å². The Bertz CT molecular complexity index is 9.65. The molecular weight excluding hydrogens is 71.8 g/mol. The van der Waals surface area contributed by atoms with Crippen LogP contribution in [0.25, 0.3) is 0 Å². The molecule has 0 rings (SSSR count). The zero-order chi connectivity index (χ0) is 4.00. The molecule has 0 spiro atoms. The zero-order valence-electron chi connectivity index (χ0n) is 2.89. The second kappa shape index (κ2) is 83.2. The summed E-state index contributed by atoms with van der Waals surface area (Å²) in [6.07, 6.45) is 0. The fourth-order valence-electron chi connectivity index (χ4n) is 0. The van der Waals surface area contributed by atoms with Crippen LogP contribution in [0.15, 0.2) is 0 Å². The Balaban J connectivity index is -0.00000000267. The predicted octanol–water partition coefficient (Wildman–Crippen LogP) is -1.73. The van der Waals surface area contributed by atoms with Gasteiger partial charge in [0.05, 0.1) is 0 Å². The van der Waals surface area contributed by atoms with Gasteiger partial charge < -0.3 is 0 Å². The number of rotatable bonds is 0. The van der Waals surface area contributed by atoms with Gasteiger partial charge in [0.1, 0.15) is 0 Å². The molecule has 6 heteroatoms. The summed E-state index contributed by atoms with van der Waals surface area (Å²) in [4.78, 5) is 0. The fraction of sp³-hybridized carbons (Fsp3) is 1.00. The van der Waals surface area contributed by atoms with E-state index in [2.05, 4.69) is 0 Å². The monoisotopic (exact) mass is 80.1 g/mol. The van der Waals surface area contributed by atoms with Gasteiger partial charge in [-0.3, -0.25) is 10.5 Å². The van der Waals surface area contributed by atoms with E-state index in [4.69, 9.17) is 10.5 Å². The molecule has 0 bridgehead atoms. The third-order valence-corrected chi connectivity index (χ3v) is 0. The van der Waals surface area contributed by atoms with Gasteiger partial charge in [-0.15, -0.1) is 0 Å². The van der Waals surface area contributed by atoms with Gasteiger partial charge in [0.2, 0.25) is 0 Å². The van der Waals surface area contributed by atoms with Crippen LogP contribution in [0.4, 0.5) is 0 Å². The van der Waals surface area contributed by atoms with E-state index in [0.717, 1.165) is 0 Å². The van der Waals surface area contributed by atoms with Crippen molar-refractivity contribution in [3.05, 3.63) is 0 Å². The molecule has 0 aromatic carbocycles. The molecule has 0 atom stereocenters. The summed E-state index contributed by atoms with van der Waals surface area (Å²) >= 11 is 2.00. The van der Waals surface area contributed by atoms with Crippen LogP contribution in [-0.2, 0) is 0 Å². The van der Waals surface area contributed by atoms with Crippen LogP contribution >= 0.6 is 0 Å². The third-order valence-electron chi connectivity index (χ3n) is 0. The first kappa shape index (κ1) is 34.6. The molecule has 2 nitrogen and oxygen atoms in total. The van der Waals surface area contributed by atoms with Crippen molar-refractivity contribution in [3.8, 4) is 0 Å². The summed E-state index contributed by atoms with van der Waals surface area (Å²) in [7, 11) is 0. The van der Waals surface area contributed by atoms with E-state index in [-0.39, 0.29) is 56.6 Å². The van der Waals surface area contributed by atoms with E-state index in [1.54, 1.807) is 0 Å². The second-order valence-electron chi connectivity index (χ2n) is 0. The number of hydrogen-bond acceptors (Lipinski definition) is 2. The van der Waals surface area contributed by atoms with E-state index >= 15 is 0 Å². The first-order valence-electron chi connectivity index (χ1n) is 1.20. The molecule has 0 aromatic rings. The maximum atomic E-state index is 6.00. The molecule has 0 radical (unpaired) electrons. The number of hydrogen-bond donors (Lipinski definition) is 2. The van der Waals surface area contributed by atoms with E-state index in [9.17, 15) is 0 Å². The Morgan fingerprint density at radius 1 is 0.857 bits per heavy atom. The van der Waals surface area contributed by atoms with Crippen molar-refractivity contribution in [2.24, 2.45) is 0 Å². The average Bonchev–Trinajstić information content (AvgIpc) is 1.50. The van der Waals surface area contributed by atoms with Crippen molar-refractivity contribution in [2.45, 2.75) is 5.60 Å². The average molecular weight is 79.8 g/mol. The van der Waals surface area contributed by atoms with Crippen molar-refractivity contribution >= 4 is 74.3 Å². The first-order chi connectivity index (χ1) is 2.00. The van der Waals surface area contributed by atoms with Crippen LogP contribution in [0, 0.1) is 0 Å². The van der Waals surface area contributed by atoms with Gasteiger partial charge >= 0.3 is 79.9 Å². The summed E-state index contributed by atoms with van der Waals surface area (Å²) in [5, 5.41) is 12.0. The molecule has 0 aliphatic heterocycles. The van der Waals surface area contributed by atoms with Gasteiger partial charge in [0, 0.05) is 0 Å². The van der Waals surface area contributed by atoms with E-state index in [1.807, 2.05) is 23.3 Å². The summed E-state index contributed by atoms with van der Waals surface area (Å²) in [6, 6.07) is 0. The Morgan fingerprint density at radius 2 is 0.857 bits per heavy atom. The van der Waals surface area contributed by atoms with Gasteiger partial charge in [0.25, 0.3) is 0 Å². The molecule has 0 saturated heterocycles. The molecule has 7 heavy (non-hydrogen) atoms. The minimum atomic E-state index is 0. The van der Waals surface area contributed by atoms with Crippen LogP contribution in [0.3, 0.4) is 0 Å². The summed E-state index contributed by atoms with van der Waals surface area (Å²) in [6.45, 7) is 0. The molecule has 0 heterocycles. The molecule has 0 aromatic heterocycles. The second-order valence-corrected chi connectivity index (χ2v) is 0. The normalized spacial score (nSPS) is 1.86. The maximum absolute atomic E-state index is 6.00. The van der Waals surface area contributed by atoms with Gasteiger partial charge in [-0.05, 0) is 0 Å². The predicted molar refractivity (Wildman–Crippen MR) is 38.3 cm³/mol. The Kier molecular flexibility index (Phi) is 412. The van der Waals surface area contributed by atoms with Crippen molar-refractivity contribution in [1.29, 1.82) is 0 Å². The Morgan fingerprint density at radius 3 is 0.857 bits per heavy atom. The molecular formula is CH8Li4O2. The van der Waals surface area contributed by atoms with Crippen molar-refractivity contribution in [1.82, 2.24) is 0 Å². The molecule has 0 aliphatic carbocycles. The van der Waals surface area contributed by atoms with Crippen molar-refractivity contribution in [3.63, 3.8) is 0 Å². The Hall–Kier alpha value is 2.31. The van der Waals surface area contributed by atoms with E-state index in [1.165, 1.54) is 0 Å². The van der Waals surface area contributed by atoms with Crippen LogP contribution in [0.2, 0.25) is 5.60 Å². The summed E-state index contributed by atoms with van der Waals surface area (Å²) in [5.74, 6) is 0. The molecule has 0 aliphatic rings. The topological polar surface area (TPSA) is 40.5 Å². The van der Waals surface area contributed by atoms with Gasteiger partial charge in [-0.2, -0.15) is 0 Å². The minimum absolute atomic E-state index is 0. The third kappa shape index (κ3) is 62.0. The summed E-state index contributed by atoms with van der Waals surface area (Å²) < 4.78 is 0. The SMILES string of the molecule is OO.[LiH].[LiH].[LiH].[Li][CH3]. The van der Waals surface area contributed by atoms with Crippen molar-refractivity contribution < 1.29 is 10.5 Å². The molecule has 2 N–H and O–H groups in total. The van der Waals surface area contributed by atoms with Crippen molar-refractivity contribution in [2.75, 3.05) is 0 Å². The fourth-order valence-corrected chi connectivity index (χ4v) is 0. The van der Waals surface area contributed by atoms with Gasteiger partial charge in [0.15, 0.2) is 0 Å². The molecule has 28 valence electrons.